The maximum atomic E-state index is 13.1. The average molecular weight is 330 g/mol. The van der Waals surface area contributed by atoms with Crippen molar-refractivity contribution in [1.82, 2.24) is 0 Å². The van der Waals surface area contributed by atoms with Gasteiger partial charge in [-0.1, -0.05) is 11.6 Å². The molecule has 9 heteroatoms. The van der Waals surface area contributed by atoms with Gasteiger partial charge < -0.3 is 21.9 Å². The molecule has 0 aromatic heterocycles. The molecular weight excluding hydrogens is 321 g/mol. The monoisotopic (exact) mass is 328 g/mol. The first kappa shape index (κ1) is 17.7. The molecule has 5 nitrogen and oxygen atoms in total. The predicted molar refractivity (Wildman–Crippen MR) is 63.3 cm³/mol. The maximum absolute atomic E-state index is 13.1. The van der Waals surface area contributed by atoms with Gasteiger partial charge in [-0.05, 0) is 0 Å². The highest BCUT2D eigenvalue weighted by molar-refractivity contribution is 6.32. The Bertz CT molecular complexity index is 494. The van der Waals surface area contributed by atoms with Crippen LogP contribution in [-0.4, -0.2) is 25.1 Å². The van der Waals surface area contributed by atoms with Gasteiger partial charge in [0.2, 0.25) is 11.2 Å². The second-order valence-corrected chi connectivity index (χ2v) is 3.82. The highest BCUT2D eigenvalue weighted by Gasteiger charge is 2.19. The van der Waals surface area contributed by atoms with E-state index in [0.717, 1.165) is 12.1 Å². The highest BCUT2D eigenvalue weighted by atomic mass is 35.5. The number of alkyl halides is 1. The van der Waals surface area contributed by atoms with E-state index in [2.05, 4.69) is 9.71 Å². The van der Waals surface area contributed by atoms with Gasteiger partial charge in [-0.2, -0.15) is 4.39 Å². The fourth-order valence-electron chi connectivity index (χ4n) is 1.04. The van der Waals surface area contributed by atoms with Crippen LogP contribution in [0.2, 0.25) is 5.02 Å². The number of rotatable bonds is 5. The second kappa shape index (κ2) is 8.75. The normalized spacial score (nSPS) is 9.16. The first-order valence-electron chi connectivity index (χ1n) is 4.77. The van der Waals surface area contributed by atoms with Gasteiger partial charge in [-0.25, -0.2) is 4.79 Å². The molecule has 0 heterocycles. The summed E-state index contributed by atoms with van der Waals surface area (Å²) in [5.74, 6) is -1.26. The van der Waals surface area contributed by atoms with Gasteiger partial charge in [0, 0.05) is 6.07 Å². The third-order valence-electron chi connectivity index (χ3n) is 1.79. The van der Waals surface area contributed by atoms with Crippen LogP contribution in [0.4, 0.5) is 10.1 Å². The molecule has 0 spiro atoms. The zero-order valence-corrected chi connectivity index (χ0v) is 11.7. The molecule has 0 radical (unpaired) electrons. The van der Waals surface area contributed by atoms with Crippen LogP contribution >= 0.6 is 23.2 Å². The van der Waals surface area contributed by atoms with Gasteiger partial charge in [0.1, 0.15) is 12.4 Å². The number of carbonyl (C=O) groups is 1. The summed E-state index contributed by atoms with van der Waals surface area (Å²) < 4.78 is 22.7. The summed E-state index contributed by atoms with van der Waals surface area (Å²) in [6.45, 7) is -0.342. The molecule has 0 bridgehead atoms. The molecule has 1 aromatic carbocycles. The van der Waals surface area contributed by atoms with E-state index in [4.69, 9.17) is 33.3 Å². The fraction of sp³-hybridized carbons (Fsp3) is 0.300. The van der Waals surface area contributed by atoms with Crippen molar-refractivity contribution in [3.8, 4) is 5.75 Å². The van der Waals surface area contributed by atoms with Crippen molar-refractivity contribution in [3.05, 3.63) is 27.9 Å². The second-order valence-electron chi connectivity index (χ2n) is 3.03. The molecule has 0 aliphatic heterocycles. The summed E-state index contributed by atoms with van der Waals surface area (Å²) >= 11 is 11.0. The minimum absolute atomic E-state index is 0. The van der Waals surface area contributed by atoms with Gasteiger partial charge in [0.15, 0.2) is 11.6 Å². The standard InChI is InChI=1S/C10H8Cl2FN2O3.ClH/c11-1-2-17-10(16)5-18-9-4-8(15-14)7(13)3-6(9)12;/h3-4H,1-2,5H2;1H/q+1;/p-1. The van der Waals surface area contributed by atoms with Crippen molar-refractivity contribution in [1.29, 1.82) is 5.39 Å². The minimum atomic E-state index is -0.806. The number of benzene rings is 1. The number of esters is 1. The lowest BCUT2D eigenvalue weighted by atomic mass is 10.3. The number of hydrogen-bond acceptors (Lipinski definition) is 4. The number of carbonyl (C=O) groups excluding carboxylic acids is 1. The Hall–Kier alpha value is -1.29. The smallest absolute Gasteiger partial charge is 0.424 e. The topological polar surface area (TPSA) is 63.7 Å². The molecule has 19 heavy (non-hydrogen) atoms. The lowest BCUT2D eigenvalue weighted by Gasteiger charge is -2.06. The lowest BCUT2D eigenvalue weighted by molar-refractivity contribution is -0.145. The summed E-state index contributed by atoms with van der Waals surface area (Å²) in [5, 5.41) is 8.46. The third-order valence-corrected chi connectivity index (χ3v) is 2.24. The van der Waals surface area contributed by atoms with E-state index in [9.17, 15) is 9.18 Å². The number of nitrogens with zero attached hydrogens (tertiary/aromatic N) is 2. The summed E-state index contributed by atoms with van der Waals surface area (Å²) in [6.07, 6.45) is 0. The van der Waals surface area contributed by atoms with Crippen molar-refractivity contribution in [2.45, 2.75) is 0 Å². The largest absolute Gasteiger partial charge is 1.00 e. The van der Waals surface area contributed by atoms with Crippen LogP contribution in [0.25, 0.3) is 4.98 Å². The van der Waals surface area contributed by atoms with Crippen molar-refractivity contribution >= 4 is 34.9 Å². The number of ether oxygens (including phenoxy) is 2. The summed E-state index contributed by atoms with van der Waals surface area (Å²) in [5.41, 5.74) is -0.344. The van der Waals surface area contributed by atoms with Crippen LogP contribution < -0.4 is 17.1 Å². The molecule has 0 aliphatic carbocycles. The Kier molecular flexibility index (Phi) is 8.16. The average Bonchev–Trinajstić information content (AvgIpc) is 2.35. The quantitative estimate of drug-likeness (QED) is 0.438. The molecule has 0 unspecified atom stereocenters. The summed E-state index contributed by atoms with van der Waals surface area (Å²) in [4.78, 5) is 13.8. The van der Waals surface area contributed by atoms with Crippen LogP contribution in [0.15, 0.2) is 12.1 Å². The lowest BCUT2D eigenvalue weighted by Crippen LogP contribution is -3.00. The first-order chi connectivity index (χ1) is 8.58. The van der Waals surface area contributed by atoms with Crippen LogP contribution in [0.5, 0.6) is 5.75 Å². The van der Waals surface area contributed by atoms with Gasteiger partial charge in [0.05, 0.1) is 17.0 Å². The molecule has 104 valence electrons. The molecule has 1 rings (SSSR count). The molecule has 1 aromatic rings. The van der Waals surface area contributed by atoms with Gasteiger partial charge in [0.25, 0.3) is 0 Å². The maximum Gasteiger partial charge on any atom is 0.424 e. The van der Waals surface area contributed by atoms with Gasteiger partial charge in [-0.15, -0.1) is 11.6 Å². The van der Waals surface area contributed by atoms with Gasteiger partial charge in [-0.3, -0.25) is 0 Å². The van der Waals surface area contributed by atoms with E-state index in [1.54, 1.807) is 0 Å². The van der Waals surface area contributed by atoms with Crippen molar-refractivity contribution in [2.24, 2.45) is 0 Å². The Morgan fingerprint density at radius 3 is 2.74 bits per heavy atom. The Morgan fingerprint density at radius 2 is 2.16 bits per heavy atom. The molecule has 0 aliphatic rings. The van der Waals surface area contributed by atoms with E-state index in [1.807, 2.05) is 0 Å². The van der Waals surface area contributed by atoms with Crippen LogP contribution in [0, 0.1) is 11.2 Å². The molecule has 0 saturated carbocycles. The third kappa shape index (κ3) is 5.47. The molecule has 0 N–H and O–H groups in total. The molecule has 0 saturated heterocycles. The highest BCUT2D eigenvalue weighted by Crippen LogP contribution is 2.31. The summed E-state index contributed by atoms with van der Waals surface area (Å²) in [6, 6.07) is 1.97. The fourth-order valence-corrected chi connectivity index (χ4v) is 1.32. The van der Waals surface area contributed by atoms with Crippen molar-refractivity contribution in [3.63, 3.8) is 0 Å². The summed E-state index contributed by atoms with van der Waals surface area (Å²) in [7, 11) is 0. The van der Waals surface area contributed by atoms with Crippen LogP contribution in [0.3, 0.4) is 0 Å². The van der Waals surface area contributed by atoms with Crippen molar-refractivity contribution in [2.75, 3.05) is 19.1 Å². The first-order valence-corrected chi connectivity index (χ1v) is 5.68. The molecule has 0 fully saturated rings. The minimum Gasteiger partial charge on any atom is -1.00 e. The number of diazo groups is 1. The Labute approximate surface area is 124 Å². The number of halogens is 4. The zero-order chi connectivity index (χ0) is 13.5. The Morgan fingerprint density at radius 1 is 1.47 bits per heavy atom. The van der Waals surface area contributed by atoms with E-state index < -0.39 is 18.4 Å². The van der Waals surface area contributed by atoms with Crippen LogP contribution in [-0.2, 0) is 9.53 Å². The van der Waals surface area contributed by atoms with E-state index in [0.29, 0.717) is 0 Å². The van der Waals surface area contributed by atoms with E-state index in [-0.39, 0.29) is 41.4 Å². The Balaban J connectivity index is 0.00000324. The zero-order valence-electron chi connectivity index (χ0n) is 9.41. The molecular formula is C10H8Cl3FN2O3. The van der Waals surface area contributed by atoms with Crippen molar-refractivity contribution < 1.29 is 31.1 Å². The SMILES string of the molecule is N#[N+]c1cc(OCC(=O)OCCCl)c(Cl)cc1F.[Cl-]. The predicted octanol–water partition coefficient (Wildman–Crippen LogP) is 0.128. The number of hydrogen-bond donors (Lipinski definition) is 0. The van der Waals surface area contributed by atoms with Gasteiger partial charge >= 0.3 is 11.7 Å². The molecule has 0 atom stereocenters. The van der Waals surface area contributed by atoms with E-state index >= 15 is 0 Å². The molecule has 0 amide bonds. The van der Waals surface area contributed by atoms with Crippen LogP contribution in [0.1, 0.15) is 0 Å². The van der Waals surface area contributed by atoms with E-state index in [1.165, 1.54) is 0 Å².